The molecule has 0 N–H and O–H groups in total. The standard InChI is InChI=1S/C7H8FNO2/c1-7(2,8)5-3-9-6(4-10)11-5/h3-4H,1-2H3. The van der Waals surface area contributed by atoms with Crippen LogP contribution in [0, 0.1) is 0 Å². The summed E-state index contributed by atoms with van der Waals surface area (Å²) in [6.07, 6.45) is 1.65. The van der Waals surface area contributed by atoms with E-state index in [1.807, 2.05) is 0 Å². The van der Waals surface area contributed by atoms with Crippen molar-refractivity contribution >= 4 is 6.29 Å². The third-order valence-electron chi connectivity index (χ3n) is 1.21. The molecular weight excluding hydrogens is 149 g/mol. The van der Waals surface area contributed by atoms with Gasteiger partial charge in [-0.05, 0) is 13.8 Å². The van der Waals surface area contributed by atoms with Crippen molar-refractivity contribution in [3.63, 3.8) is 0 Å². The summed E-state index contributed by atoms with van der Waals surface area (Å²) in [4.78, 5) is 13.6. The van der Waals surface area contributed by atoms with Crippen LogP contribution in [-0.2, 0) is 5.67 Å². The SMILES string of the molecule is CC(C)(F)c1cnc(C=O)o1. The zero-order valence-corrected chi connectivity index (χ0v) is 6.30. The lowest BCUT2D eigenvalue weighted by atomic mass is 10.1. The largest absolute Gasteiger partial charge is 0.436 e. The number of hydrogen-bond donors (Lipinski definition) is 0. The maximum Gasteiger partial charge on any atom is 0.260 e. The van der Waals surface area contributed by atoms with Crippen molar-refractivity contribution in [2.45, 2.75) is 19.5 Å². The van der Waals surface area contributed by atoms with Gasteiger partial charge in [0.05, 0.1) is 6.20 Å². The summed E-state index contributed by atoms with van der Waals surface area (Å²) in [5.74, 6) is -0.0228. The van der Waals surface area contributed by atoms with E-state index in [1.54, 1.807) is 0 Å². The van der Waals surface area contributed by atoms with E-state index in [9.17, 15) is 9.18 Å². The number of rotatable bonds is 2. The van der Waals surface area contributed by atoms with Crippen LogP contribution in [0.5, 0.6) is 0 Å². The summed E-state index contributed by atoms with van der Waals surface area (Å²) in [7, 11) is 0. The van der Waals surface area contributed by atoms with Crippen molar-refractivity contribution in [3.8, 4) is 0 Å². The van der Waals surface area contributed by atoms with Crippen LogP contribution >= 0.6 is 0 Å². The first-order chi connectivity index (χ1) is 5.04. The monoisotopic (exact) mass is 157 g/mol. The molecule has 0 aliphatic rings. The Morgan fingerprint density at radius 1 is 1.73 bits per heavy atom. The molecule has 0 bridgehead atoms. The highest BCUT2D eigenvalue weighted by Crippen LogP contribution is 2.24. The lowest BCUT2D eigenvalue weighted by Crippen LogP contribution is -2.06. The highest BCUT2D eigenvalue weighted by Gasteiger charge is 2.23. The molecule has 0 aliphatic heterocycles. The Hall–Kier alpha value is -1.19. The van der Waals surface area contributed by atoms with Gasteiger partial charge in [0.2, 0.25) is 6.29 Å². The van der Waals surface area contributed by atoms with Crippen molar-refractivity contribution in [2.24, 2.45) is 0 Å². The van der Waals surface area contributed by atoms with E-state index in [-0.39, 0.29) is 11.7 Å². The fraction of sp³-hybridized carbons (Fsp3) is 0.429. The van der Waals surface area contributed by atoms with E-state index < -0.39 is 5.67 Å². The van der Waals surface area contributed by atoms with Crippen LogP contribution in [0.1, 0.15) is 30.3 Å². The second-order valence-corrected chi connectivity index (χ2v) is 2.65. The summed E-state index contributed by atoms with van der Waals surface area (Å²) in [5.41, 5.74) is -1.58. The minimum Gasteiger partial charge on any atom is -0.436 e. The molecule has 0 saturated heterocycles. The third kappa shape index (κ3) is 1.63. The van der Waals surface area contributed by atoms with Gasteiger partial charge >= 0.3 is 0 Å². The van der Waals surface area contributed by atoms with E-state index in [1.165, 1.54) is 20.0 Å². The Kier molecular flexibility index (Phi) is 1.76. The van der Waals surface area contributed by atoms with Crippen LogP contribution in [0.15, 0.2) is 10.6 Å². The number of nitrogens with zero attached hydrogens (tertiary/aromatic N) is 1. The van der Waals surface area contributed by atoms with E-state index >= 15 is 0 Å². The number of aldehydes is 1. The van der Waals surface area contributed by atoms with Crippen molar-refractivity contribution in [1.82, 2.24) is 4.98 Å². The van der Waals surface area contributed by atoms with Gasteiger partial charge < -0.3 is 4.42 Å². The Balaban J connectivity index is 2.98. The summed E-state index contributed by atoms with van der Waals surface area (Å²) >= 11 is 0. The minimum absolute atomic E-state index is 0.0691. The van der Waals surface area contributed by atoms with Crippen LogP contribution in [0.25, 0.3) is 0 Å². The summed E-state index contributed by atoms with van der Waals surface area (Å²) < 4.78 is 17.8. The van der Waals surface area contributed by atoms with Crippen LogP contribution in [0.4, 0.5) is 4.39 Å². The smallest absolute Gasteiger partial charge is 0.260 e. The van der Waals surface area contributed by atoms with E-state index in [0.717, 1.165) is 0 Å². The number of carbonyl (C=O) groups is 1. The van der Waals surface area contributed by atoms with Gasteiger partial charge in [-0.1, -0.05) is 0 Å². The molecule has 1 aromatic rings. The van der Waals surface area contributed by atoms with Gasteiger partial charge in [-0.3, -0.25) is 4.79 Å². The van der Waals surface area contributed by atoms with Gasteiger partial charge in [0.1, 0.15) is 0 Å². The lowest BCUT2D eigenvalue weighted by molar-refractivity contribution is 0.108. The summed E-state index contributed by atoms with van der Waals surface area (Å²) in [5, 5.41) is 0. The summed E-state index contributed by atoms with van der Waals surface area (Å²) in [6.45, 7) is 2.67. The summed E-state index contributed by atoms with van der Waals surface area (Å²) in [6, 6.07) is 0. The molecule has 0 spiro atoms. The van der Waals surface area contributed by atoms with Crippen molar-refractivity contribution in [1.29, 1.82) is 0 Å². The number of alkyl halides is 1. The minimum atomic E-state index is -1.58. The molecular formula is C7H8FNO2. The maximum atomic E-state index is 13.0. The zero-order valence-electron chi connectivity index (χ0n) is 6.30. The van der Waals surface area contributed by atoms with Gasteiger partial charge in [-0.25, -0.2) is 9.37 Å². The molecule has 11 heavy (non-hydrogen) atoms. The Morgan fingerprint density at radius 2 is 2.36 bits per heavy atom. The molecule has 0 amide bonds. The quantitative estimate of drug-likeness (QED) is 0.613. The fourth-order valence-corrected chi connectivity index (χ4v) is 0.617. The van der Waals surface area contributed by atoms with Crippen LogP contribution in [0.3, 0.4) is 0 Å². The van der Waals surface area contributed by atoms with E-state index in [4.69, 9.17) is 4.42 Å². The molecule has 1 rings (SSSR count). The van der Waals surface area contributed by atoms with Crippen molar-refractivity contribution < 1.29 is 13.6 Å². The van der Waals surface area contributed by atoms with Gasteiger partial charge in [-0.15, -0.1) is 0 Å². The van der Waals surface area contributed by atoms with Crippen LogP contribution in [-0.4, -0.2) is 11.3 Å². The topological polar surface area (TPSA) is 43.1 Å². The van der Waals surface area contributed by atoms with Gasteiger partial charge in [0.15, 0.2) is 11.4 Å². The van der Waals surface area contributed by atoms with Crippen LogP contribution < -0.4 is 0 Å². The van der Waals surface area contributed by atoms with Gasteiger partial charge in [0.25, 0.3) is 5.89 Å². The normalized spacial score (nSPS) is 11.5. The molecule has 0 saturated carbocycles. The second-order valence-electron chi connectivity index (χ2n) is 2.65. The predicted molar refractivity (Wildman–Crippen MR) is 36.0 cm³/mol. The molecule has 3 nitrogen and oxygen atoms in total. The number of hydrogen-bond acceptors (Lipinski definition) is 3. The average molecular weight is 157 g/mol. The maximum absolute atomic E-state index is 13.0. The Morgan fingerprint density at radius 3 is 2.64 bits per heavy atom. The molecule has 0 fully saturated rings. The van der Waals surface area contributed by atoms with Gasteiger partial charge in [0, 0.05) is 0 Å². The number of carbonyl (C=O) groups excluding carboxylic acids is 1. The van der Waals surface area contributed by atoms with Crippen molar-refractivity contribution in [3.05, 3.63) is 17.8 Å². The molecule has 1 heterocycles. The number of oxazole rings is 1. The fourth-order valence-electron chi connectivity index (χ4n) is 0.617. The highest BCUT2D eigenvalue weighted by atomic mass is 19.1. The first-order valence-corrected chi connectivity index (χ1v) is 3.14. The molecule has 0 aromatic carbocycles. The molecule has 60 valence electrons. The first-order valence-electron chi connectivity index (χ1n) is 3.14. The molecule has 0 radical (unpaired) electrons. The average Bonchev–Trinajstić information content (AvgIpc) is 2.32. The predicted octanol–water partition coefficient (Wildman–Crippen LogP) is 1.69. The Bertz CT molecular complexity index is 262. The third-order valence-corrected chi connectivity index (χ3v) is 1.21. The van der Waals surface area contributed by atoms with Gasteiger partial charge in [-0.2, -0.15) is 0 Å². The van der Waals surface area contributed by atoms with Crippen molar-refractivity contribution in [2.75, 3.05) is 0 Å². The molecule has 0 aliphatic carbocycles. The first kappa shape index (κ1) is 7.91. The molecule has 0 unspecified atom stereocenters. The Labute approximate surface area is 63.2 Å². The zero-order chi connectivity index (χ0) is 8.48. The lowest BCUT2D eigenvalue weighted by Gasteiger charge is -2.07. The number of halogens is 1. The van der Waals surface area contributed by atoms with Crippen LogP contribution in [0.2, 0.25) is 0 Å². The molecule has 0 atom stereocenters. The second kappa shape index (κ2) is 2.45. The molecule has 4 heteroatoms. The highest BCUT2D eigenvalue weighted by molar-refractivity contribution is 5.67. The van der Waals surface area contributed by atoms with E-state index in [2.05, 4.69) is 4.98 Å². The molecule has 1 aromatic heterocycles. The number of aromatic nitrogens is 1. The van der Waals surface area contributed by atoms with E-state index in [0.29, 0.717) is 6.29 Å².